The summed E-state index contributed by atoms with van der Waals surface area (Å²) in [7, 11) is 1.61. The Morgan fingerprint density at radius 1 is 1.29 bits per heavy atom. The van der Waals surface area contributed by atoms with Gasteiger partial charge in [0.25, 0.3) is 6.01 Å². The highest BCUT2D eigenvalue weighted by atomic mass is 16.5. The van der Waals surface area contributed by atoms with Gasteiger partial charge in [0.2, 0.25) is 0 Å². The van der Waals surface area contributed by atoms with Crippen LogP contribution in [0.5, 0.6) is 6.01 Å². The zero-order chi connectivity index (χ0) is 12.4. The van der Waals surface area contributed by atoms with Crippen molar-refractivity contribution in [2.75, 3.05) is 7.11 Å². The van der Waals surface area contributed by atoms with E-state index < -0.39 is 0 Å². The predicted octanol–water partition coefficient (Wildman–Crippen LogP) is 3.52. The third-order valence-electron chi connectivity index (χ3n) is 2.96. The molecule has 0 aliphatic carbocycles. The lowest BCUT2D eigenvalue weighted by atomic mass is 9.97. The van der Waals surface area contributed by atoms with Gasteiger partial charge in [-0.2, -0.15) is 0 Å². The summed E-state index contributed by atoms with van der Waals surface area (Å²) in [4.78, 5) is 7.30. The molecule has 3 heteroatoms. The number of nitrogens with one attached hydrogen (secondary N) is 1. The number of aromatic amines is 1. The number of H-pyrrole nitrogens is 1. The molecule has 0 saturated carbocycles. The average molecular weight is 230 g/mol. The zero-order valence-electron chi connectivity index (χ0n) is 10.7. The molecular weight excluding hydrogens is 212 g/mol. The fraction of sp³-hybridized carbons (Fsp3) is 0.357. The maximum Gasteiger partial charge on any atom is 0.293 e. The van der Waals surface area contributed by atoms with Crippen LogP contribution in [0.4, 0.5) is 0 Å². The monoisotopic (exact) mass is 230 g/mol. The number of nitrogens with zero attached hydrogens (tertiary/aromatic N) is 1. The molecule has 0 radical (unpaired) electrons. The minimum absolute atomic E-state index is 0.527. The molecule has 17 heavy (non-hydrogen) atoms. The number of hydrogen-bond donors (Lipinski definition) is 1. The summed E-state index contributed by atoms with van der Waals surface area (Å²) in [6.07, 6.45) is 1.81. The maximum absolute atomic E-state index is 5.07. The Morgan fingerprint density at radius 3 is 2.65 bits per heavy atom. The summed E-state index contributed by atoms with van der Waals surface area (Å²) in [5, 5.41) is 0. The molecule has 2 aromatic rings. The van der Waals surface area contributed by atoms with Crippen molar-refractivity contribution in [1.82, 2.24) is 9.97 Å². The van der Waals surface area contributed by atoms with Crippen LogP contribution in [0, 0.1) is 6.92 Å². The quantitative estimate of drug-likeness (QED) is 0.876. The summed E-state index contributed by atoms with van der Waals surface area (Å²) in [5.41, 5.74) is 4.76. The first kappa shape index (κ1) is 11.7. The molecular formula is C14H18N2O. The number of imidazole rings is 1. The van der Waals surface area contributed by atoms with E-state index in [9.17, 15) is 0 Å². The molecule has 0 amide bonds. The van der Waals surface area contributed by atoms with Crippen molar-refractivity contribution in [1.29, 1.82) is 0 Å². The fourth-order valence-electron chi connectivity index (χ4n) is 1.83. The molecule has 0 spiro atoms. The Bertz CT molecular complexity index is 515. The van der Waals surface area contributed by atoms with Gasteiger partial charge in [0.1, 0.15) is 0 Å². The summed E-state index contributed by atoms with van der Waals surface area (Å²) in [5.74, 6) is 0.527. The molecule has 0 bridgehead atoms. The zero-order valence-corrected chi connectivity index (χ0v) is 10.7. The Kier molecular flexibility index (Phi) is 3.18. The van der Waals surface area contributed by atoms with Crippen LogP contribution in [0.2, 0.25) is 0 Å². The molecule has 1 aromatic heterocycles. The van der Waals surface area contributed by atoms with Crippen LogP contribution in [0.1, 0.15) is 30.9 Å². The summed E-state index contributed by atoms with van der Waals surface area (Å²) in [6, 6.07) is 7.09. The molecule has 3 nitrogen and oxygen atoms in total. The van der Waals surface area contributed by atoms with E-state index in [-0.39, 0.29) is 0 Å². The number of hydrogen-bond acceptors (Lipinski definition) is 2. The Labute approximate surface area is 102 Å². The van der Waals surface area contributed by atoms with Crippen LogP contribution in [0.15, 0.2) is 24.4 Å². The lowest BCUT2D eigenvalue weighted by molar-refractivity contribution is 0.384. The first-order valence-corrected chi connectivity index (χ1v) is 5.81. The fourth-order valence-corrected chi connectivity index (χ4v) is 1.83. The van der Waals surface area contributed by atoms with Crippen molar-refractivity contribution in [2.45, 2.75) is 26.7 Å². The molecule has 1 heterocycles. The third-order valence-corrected chi connectivity index (χ3v) is 2.96. The molecule has 0 aliphatic heterocycles. The first-order valence-electron chi connectivity index (χ1n) is 5.81. The summed E-state index contributed by atoms with van der Waals surface area (Å²) in [6.45, 7) is 6.50. The first-order chi connectivity index (χ1) is 8.11. The second-order valence-electron chi connectivity index (χ2n) is 4.54. The standard InChI is InChI=1S/C14H18N2O/c1-9(2)11-6-5-10(3)12(7-11)13-8-15-14(16-13)17-4/h5-9H,1-4H3,(H,15,16). The molecule has 0 unspecified atom stereocenters. The Balaban J connectivity index is 2.46. The Hall–Kier alpha value is -1.77. The van der Waals surface area contributed by atoms with E-state index in [4.69, 9.17) is 4.74 Å². The second-order valence-corrected chi connectivity index (χ2v) is 4.54. The van der Waals surface area contributed by atoms with Crippen molar-refractivity contribution in [2.24, 2.45) is 0 Å². The molecule has 1 aromatic carbocycles. The van der Waals surface area contributed by atoms with Gasteiger partial charge in [-0.25, -0.2) is 4.98 Å². The van der Waals surface area contributed by atoms with Crippen molar-refractivity contribution >= 4 is 0 Å². The lowest BCUT2D eigenvalue weighted by Crippen LogP contribution is -1.91. The summed E-state index contributed by atoms with van der Waals surface area (Å²) >= 11 is 0. The van der Waals surface area contributed by atoms with Crippen LogP contribution in [0.25, 0.3) is 11.3 Å². The van der Waals surface area contributed by atoms with E-state index in [1.807, 2.05) is 6.20 Å². The SMILES string of the molecule is COc1ncc(-c2cc(C(C)C)ccc2C)[nH]1. The number of ether oxygens (including phenoxy) is 1. The minimum Gasteiger partial charge on any atom is -0.468 e. The van der Waals surface area contributed by atoms with Crippen LogP contribution in [-0.2, 0) is 0 Å². The van der Waals surface area contributed by atoms with Gasteiger partial charge in [-0.15, -0.1) is 0 Å². The van der Waals surface area contributed by atoms with E-state index in [1.165, 1.54) is 16.7 Å². The van der Waals surface area contributed by atoms with Crippen LogP contribution in [0.3, 0.4) is 0 Å². The predicted molar refractivity (Wildman–Crippen MR) is 69.4 cm³/mol. The summed E-state index contributed by atoms with van der Waals surface area (Å²) < 4.78 is 5.07. The van der Waals surface area contributed by atoms with E-state index in [0.717, 1.165) is 5.69 Å². The Morgan fingerprint density at radius 2 is 2.06 bits per heavy atom. The number of aromatic nitrogens is 2. The highest BCUT2D eigenvalue weighted by Crippen LogP contribution is 2.27. The van der Waals surface area contributed by atoms with Gasteiger partial charge in [-0.1, -0.05) is 26.0 Å². The van der Waals surface area contributed by atoms with E-state index >= 15 is 0 Å². The largest absolute Gasteiger partial charge is 0.468 e. The highest BCUT2D eigenvalue weighted by Gasteiger charge is 2.08. The van der Waals surface area contributed by atoms with E-state index in [1.54, 1.807) is 7.11 Å². The van der Waals surface area contributed by atoms with Crippen LogP contribution in [-0.4, -0.2) is 17.1 Å². The van der Waals surface area contributed by atoms with Crippen LogP contribution < -0.4 is 4.74 Å². The number of aryl methyl sites for hydroxylation is 1. The van der Waals surface area contributed by atoms with Gasteiger partial charge in [-0.05, 0) is 30.0 Å². The lowest BCUT2D eigenvalue weighted by Gasteiger charge is -2.09. The second kappa shape index (κ2) is 4.62. The van der Waals surface area contributed by atoms with E-state index in [0.29, 0.717) is 11.9 Å². The van der Waals surface area contributed by atoms with Gasteiger partial charge in [0.05, 0.1) is 19.0 Å². The van der Waals surface area contributed by atoms with Gasteiger partial charge < -0.3 is 9.72 Å². The number of benzene rings is 1. The van der Waals surface area contributed by atoms with Crippen molar-refractivity contribution in [3.05, 3.63) is 35.5 Å². The molecule has 0 fully saturated rings. The van der Waals surface area contributed by atoms with Gasteiger partial charge in [0, 0.05) is 5.56 Å². The molecule has 90 valence electrons. The molecule has 0 saturated heterocycles. The average Bonchev–Trinajstić information content (AvgIpc) is 2.77. The number of methoxy groups -OCH3 is 1. The molecule has 0 atom stereocenters. The normalized spacial score (nSPS) is 10.9. The molecule has 1 N–H and O–H groups in total. The molecule has 0 aliphatic rings. The topological polar surface area (TPSA) is 37.9 Å². The van der Waals surface area contributed by atoms with Gasteiger partial charge in [0.15, 0.2) is 0 Å². The van der Waals surface area contributed by atoms with Crippen molar-refractivity contribution < 1.29 is 4.74 Å². The molecule has 2 rings (SSSR count). The van der Waals surface area contributed by atoms with Crippen molar-refractivity contribution in [3.63, 3.8) is 0 Å². The smallest absolute Gasteiger partial charge is 0.293 e. The van der Waals surface area contributed by atoms with Gasteiger partial charge >= 0.3 is 0 Å². The highest BCUT2D eigenvalue weighted by molar-refractivity contribution is 5.64. The third kappa shape index (κ3) is 2.33. The number of rotatable bonds is 3. The van der Waals surface area contributed by atoms with E-state index in [2.05, 4.69) is 48.9 Å². The van der Waals surface area contributed by atoms with Crippen LogP contribution >= 0.6 is 0 Å². The van der Waals surface area contributed by atoms with Crippen molar-refractivity contribution in [3.8, 4) is 17.3 Å². The maximum atomic E-state index is 5.07. The van der Waals surface area contributed by atoms with Gasteiger partial charge in [-0.3, -0.25) is 0 Å². The minimum atomic E-state index is 0.527.